The highest BCUT2D eigenvalue weighted by Gasteiger charge is 2.40. The van der Waals surface area contributed by atoms with Gasteiger partial charge in [0.15, 0.2) is 0 Å². The van der Waals surface area contributed by atoms with Crippen molar-refractivity contribution in [3.63, 3.8) is 0 Å². The molecule has 0 radical (unpaired) electrons. The quantitative estimate of drug-likeness (QED) is 0.781. The molecule has 1 amide bonds. The third-order valence-electron chi connectivity index (χ3n) is 4.22. The average Bonchev–Trinajstić information content (AvgIpc) is 2.87. The molecule has 0 N–H and O–H groups in total. The molecule has 0 aromatic heterocycles. The van der Waals surface area contributed by atoms with Crippen LogP contribution in [0.5, 0.6) is 0 Å². The molecule has 1 aromatic carbocycles. The van der Waals surface area contributed by atoms with E-state index in [9.17, 15) is 4.79 Å². The summed E-state index contributed by atoms with van der Waals surface area (Å²) in [6.45, 7) is 4.22. The van der Waals surface area contributed by atoms with Gasteiger partial charge in [-0.05, 0) is 24.4 Å². The van der Waals surface area contributed by atoms with Crippen molar-refractivity contribution in [3.8, 4) is 0 Å². The minimum atomic E-state index is 0.290. The summed E-state index contributed by atoms with van der Waals surface area (Å²) in [7, 11) is 2.18. The lowest BCUT2D eigenvalue weighted by atomic mass is 10.0. The Labute approximate surface area is 108 Å². The molecule has 3 heteroatoms. The zero-order chi connectivity index (χ0) is 12.5. The average molecular weight is 244 g/mol. The molecular formula is C15H20N2O. The molecule has 18 heavy (non-hydrogen) atoms. The number of nitrogens with zero attached hydrogens (tertiary/aromatic N) is 2. The molecule has 2 heterocycles. The molecule has 3 rings (SSSR count). The number of rotatable bonds is 2. The van der Waals surface area contributed by atoms with E-state index < -0.39 is 0 Å². The van der Waals surface area contributed by atoms with Gasteiger partial charge in [0.2, 0.25) is 5.91 Å². The first-order valence-electron chi connectivity index (χ1n) is 6.72. The highest BCUT2D eigenvalue weighted by atomic mass is 16.2. The van der Waals surface area contributed by atoms with Gasteiger partial charge in [0, 0.05) is 26.2 Å². The van der Waals surface area contributed by atoms with Gasteiger partial charge in [-0.1, -0.05) is 30.3 Å². The number of carbonyl (C=O) groups is 1. The summed E-state index contributed by atoms with van der Waals surface area (Å²) in [6.07, 6.45) is 0.552. The summed E-state index contributed by atoms with van der Waals surface area (Å²) < 4.78 is 0. The van der Waals surface area contributed by atoms with Crippen molar-refractivity contribution >= 4 is 5.91 Å². The van der Waals surface area contributed by atoms with E-state index in [1.165, 1.54) is 0 Å². The largest absolute Gasteiger partial charge is 0.342 e. The molecule has 0 unspecified atom stereocenters. The maximum absolute atomic E-state index is 12.2. The summed E-state index contributed by atoms with van der Waals surface area (Å²) in [6, 6.07) is 10.0. The van der Waals surface area contributed by atoms with Crippen LogP contribution in [0, 0.1) is 11.8 Å². The number of likely N-dealkylation sites (tertiary alicyclic amines) is 2. The fraction of sp³-hybridized carbons (Fsp3) is 0.533. The minimum Gasteiger partial charge on any atom is -0.342 e. The van der Waals surface area contributed by atoms with Gasteiger partial charge in [-0.15, -0.1) is 0 Å². The third kappa shape index (κ3) is 2.27. The van der Waals surface area contributed by atoms with Crippen LogP contribution in [0.3, 0.4) is 0 Å². The van der Waals surface area contributed by atoms with E-state index in [-0.39, 0.29) is 0 Å². The van der Waals surface area contributed by atoms with Gasteiger partial charge in [0.25, 0.3) is 0 Å². The lowest BCUT2D eigenvalue weighted by Gasteiger charge is -2.19. The first-order chi connectivity index (χ1) is 8.72. The van der Waals surface area contributed by atoms with Gasteiger partial charge in [0.05, 0.1) is 6.42 Å². The predicted molar refractivity (Wildman–Crippen MR) is 71.2 cm³/mol. The summed E-state index contributed by atoms with van der Waals surface area (Å²) in [4.78, 5) is 16.7. The van der Waals surface area contributed by atoms with Crippen LogP contribution >= 0.6 is 0 Å². The highest BCUT2D eigenvalue weighted by Crippen LogP contribution is 2.30. The maximum Gasteiger partial charge on any atom is 0.227 e. The third-order valence-corrected chi connectivity index (χ3v) is 4.22. The SMILES string of the molecule is CN1C[C@@H]2CN(C(=O)Cc3ccccc3)C[C@H]2C1. The normalized spacial score (nSPS) is 27.5. The Morgan fingerprint density at radius 1 is 1.11 bits per heavy atom. The molecule has 0 saturated carbocycles. The van der Waals surface area contributed by atoms with Gasteiger partial charge in [0.1, 0.15) is 0 Å². The molecule has 1 aromatic rings. The van der Waals surface area contributed by atoms with Gasteiger partial charge in [-0.2, -0.15) is 0 Å². The Balaban J connectivity index is 1.59. The Morgan fingerprint density at radius 2 is 1.72 bits per heavy atom. The van der Waals surface area contributed by atoms with Crippen LogP contribution in [0.1, 0.15) is 5.56 Å². The van der Waals surface area contributed by atoms with Crippen molar-refractivity contribution in [3.05, 3.63) is 35.9 Å². The standard InChI is InChI=1S/C15H20N2O/c1-16-8-13-10-17(11-14(13)9-16)15(18)7-12-5-3-2-4-6-12/h2-6,13-14H,7-11H2,1H3/t13-,14-/m1/s1. The van der Waals surface area contributed by atoms with Crippen molar-refractivity contribution in [2.45, 2.75) is 6.42 Å². The number of amides is 1. The molecule has 2 atom stereocenters. The van der Waals surface area contributed by atoms with Gasteiger partial charge in [-0.25, -0.2) is 0 Å². The van der Waals surface area contributed by atoms with E-state index in [2.05, 4.69) is 16.8 Å². The fourth-order valence-corrected chi connectivity index (χ4v) is 3.31. The zero-order valence-electron chi connectivity index (χ0n) is 10.9. The monoisotopic (exact) mass is 244 g/mol. The van der Waals surface area contributed by atoms with Crippen LogP contribution in [0.4, 0.5) is 0 Å². The zero-order valence-corrected chi connectivity index (χ0v) is 10.9. The van der Waals surface area contributed by atoms with Crippen molar-refractivity contribution in [1.29, 1.82) is 0 Å². The van der Waals surface area contributed by atoms with E-state index in [1.807, 2.05) is 30.3 Å². The van der Waals surface area contributed by atoms with Gasteiger partial charge < -0.3 is 9.80 Å². The Bertz CT molecular complexity index is 417. The van der Waals surface area contributed by atoms with Crippen molar-refractivity contribution in [2.75, 3.05) is 33.2 Å². The second-order valence-electron chi connectivity index (χ2n) is 5.70. The summed E-state index contributed by atoms with van der Waals surface area (Å²) in [5.41, 5.74) is 1.12. The van der Waals surface area contributed by atoms with E-state index in [0.29, 0.717) is 24.2 Å². The fourth-order valence-electron chi connectivity index (χ4n) is 3.31. The molecule has 2 aliphatic rings. The lowest BCUT2D eigenvalue weighted by molar-refractivity contribution is -0.129. The van der Waals surface area contributed by atoms with Crippen LogP contribution < -0.4 is 0 Å². The summed E-state index contributed by atoms with van der Waals surface area (Å²) in [5.74, 6) is 1.70. The maximum atomic E-state index is 12.2. The Hall–Kier alpha value is -1.35. The van der Waals surface area contributed by atoms with Crippen LogP contribution in [0.25, 0.3) is 0 Å². The number of hydrogen-bond donors (Lipinski definition) is 0. The van der Waals surface area contributed by atoms with Crippen molar-refractivity contribution < 1.29 is 4.79 Å². The van der Waals surface area contributed by atoms with E-state index in [1.54, 1.807) is 0 Å². The van der Waals surface area contributed by atoms with Crippen LogP contribution in [-0.4, -0.2) is 48.9 Å². The van der Waals surface area contributed by atoms with Crippen molar-refractivity contribution in [2.24, 2.45) is 11.8 Å². The lowest BCUT2D eigenvalue weighted by Crippen LogP contribution is -2.33. The number of hydrogen-bond acceptors (Lipinski definition) is 2. The molecule has 2 aliphatic heterocycles. The molecule has 0 spiro atoms. The molecule has 3 nitrogen and oxygen atoms in total. The summed E-state index contributed by atoms with van der Waals surface area (Å²) >= 11 is 0. The van der Waals surface area contributed by atoms with Crippen molar-refractivity contribution in [1.82, 2.24) is 9.80 Å². The number of fused-ring (bicyclic) bond motifs is 1. The number of carbonyl (C=O) groups excluding carboxylic acids is 1. The minimum absolute atomic E-state index is 0.290. The predicted octanol–water partition coefficient (Wildman–Crippen LogP) is 1.25. The number of benzene rings is 1. The summed E-state index contributed by atoms with van der Waals surface area (Å²) in [5, 5.41) is 0. The first-order valence-corrected chi connectivity index (χ1v) is 6.72. The second-order valence-corrected chi connectivity index (χ2v) is 5.70. The topological polar surface area (TPSA) is 23.6 Å². The Kier molecular flexibility index (Phi) is 3.08. The highest BCUT2D eigenvalue weighted by molar-refractivity contribution is 5.79. The van der Waals surface area contributed by atoms with E-state index in [0.717, 1.165) is 31.7 Å². The molecule has 2 fully saturated rings. The second kappa shape index (κ2) is 4.73. The molecule has 0 aliphatic carbocycles. The van der Waals surface area contributed by atoms with Gasteiger partial charge in [-0.3, -0.25) is 4.79 Å². The molecule has 0 bridgehead atoms. The van der Waals surface area contributed by atoms with Crippen LogP contribution in [0.2, 0.25) is 0 Å². The Morgan fingerprint density at radius 3 is 2.33 bits per heavy atom. The van der Waals surface area contributed by atoms with E-state index in [4.69, 9.17) is 0 Å². The van der Waals surface area contributed by atoms with Crippen LogP contribution in [-0.2, 0) is 11.2 Å². The first kappa shape index (κ1) is 11.7. The van der Waals surface area contributed by atoms with Gasteiger partial charge >= 0.3 is 0 Å². The smallest absolute Gasteiger partial charge is 0.227 e. The molecule has 96 valence electrons. The molecular weight excluding hydrogens is 224 g/mol. The molecule has 2 saturated heterocycles. The van der Waals surface area contributed by atoms with E-state index >= 15 is 0 Å². The van der Waals surface area contributed by atoms with Crippen LogP contribution in [0.15, 0.2) is 30.3 Å².